The summed E-state index contributed by atoms with van der Waals surface area (Å²) in [5.74, 6) is -0.748. The molecule has 112 valence electrons. The molecule has 2 aromatic carbocycles. The Labute approximate surface area is 130 Å². The molecule has 0 saturated heterocycles. The van der Waals surface area contributed by atoms with Crippen molar-refractivity contribution in [2.24, 2.45) is 0 Å². The van der Waals surface area contributed by atoms with E-state index in [1.807, 2.05) is 19.1 Å². The largest absolute Gasteiger partial charge is 0.508 e. The minimum absolute atomic E-state index is 0.00567. The van der Waals surface area contributed by atoms with Crippen LogP contribution >= 0.6 is 15.9 Å². The molecule has 21 heavy (non-hydrogen) atoms. The van der Waals surface area contributed by atoms with Gasteiger partial charge in [0.1, 0.15) is 17.4 Å². The van der Waals surface area contributed by atoms with Crippen LogP contribution in [0.1, 0.15) is 18.9 Å². The number of hydrogen-bond acceptors (Lipinski definition) is 2. The number of aryl methyl sites for hydroxylation is 1. The lowest BCUT2D eigenvalue weighted by Crippen LogP contribution is -2.17. The van der Waals surface area contributed by atoms with Crippen molar-refractivity contribution in [3.05, 3.63) is 58.1 Å². The molecule has 0 spiro atoms. The number of rotatable bonds is 5. The number of anilines is 1. The van der Waals surface area contributed by atoms with Crippen LogP contribution in [0.4, 0.5) is 14.5 Å². The van der Waals surface area contributed by atoms with Crippen LogP contribution in [0, 0.1) is 11.6 Å². The zero-order chi connectivity index (χ0) is 15.4. The molecule has 0 fully saturated rings. The average molecular weight is 356 g/mol. The van der Waals surface area contributed by atoms with Crippen LogP contribution in [0.15, 0.2) is 40.9 Å². The summed E-state index contributed by atoms with van der Waals surface area (Å²) in [7, 11) is 0. The average Bonchev–Trinajstić information content (AvgIpc) is 2.44. The first-order valence-electron chi connectivity index (χ1n) is 6.64. The van der Waals surface area contributed by atoms with Gasteiger partial charge in [0.25, 0.3) is 0 Å². The highest BCUT2D eigenvalue weighted by molar-refractivity contribution is 9.10. The molecule has 0 bridgehead atoms. The van der Waals surface area contributed by atoms with Crippen molar-refractivity contribution in [1.29, 1.82) is 0 Å². The minimum Gasteiger partial charge on any atom is -0.508 e. The zero-order valence-corrected chi connectivity index (χ0v) is 13.1. The molecule has 0 saturated carbocycles. The van der Waals surface area contributed by atoms with Gasteiger partial charge in [-0.25, -0.2) is 8.78 Å². The molecule has 5 heteroatoms. The zero-order valence-electron chi connectivity index (χ0n) is 11.5. The van der Waals surface area contributed by atoms with Crippen LogP contribution in [0.2, 0.25) is 0 Å². The van der Waals surface area contributed by atoms with Crippen molar-refractivity contribution in [2.75, 3.05) is 5.32 Å². The van der Waals surface area contributed by atoms with Crippen molar-refractivity contribution in [3.8, 4) is 5.75 Å². The van der Waals surface area contributed by atoms with E-state index < -0.39 is 11.6 Å². The normalized spacial score (nSPS) is 12.2. The standard InChI is InChI=1S/C16H16BrF2NO/c1-10(2-3-11-4-6-12(21)7-5-11)20-16-9-14(18)13(17)8-15(16)19/h4-10,20-21H,2-3H2,1H3. The second-order valence-electron chi connectivity index (χ2n) is 5.00. The SMILES string of the molecule is CC(CCc1ccc(O)cc1)Nc1cc(F)c(Br)cc1F. The van der Waals surface area contributed by atoms with Crippen LogP contribution in [0.3, 0.4) is 0 Å². The maximum atomic E-state index is 13.7. The second kappa shape index (κ2) is 6.89. The molecule has 2 rings (SSSR count). The van der Waals surface area contributed by atoms with Crippen molar-refractivity contribution in [2.45, 2.75) is 25.8 Å². The smallest absolute Gasteiger partial charge is 0.147 e. The molecule has 2 N–H and O–H groups in total. The van der Waals surface area contributed by atoms with Crippen LogP contribution in [0.5, 0.6) is 5.75 Å². The molecule has 1 unspecified atom stereocenters. The first-order chi connectivity index (χ1) is 9.95. The molecule has 2 aromatic rings. The van der Waals surface area contributed by atoms with Crippen molar-refractivity contribution >= 4 is 21.6 Å². The summed E-state index contributed by atoms with van der Waals surface area (Å²) in [6.07, 6.45) is 1.55. The number of benzene rings is 2. The van der Waals surface area contributed by atoms with Gasteiger partial charge in [0.15, 0.2) is 0 Å². The third-order valence-electron chi connectivity index (χ3n) is 3.21. The number of phenols is 1. The van der Waals surface area contributed by atoms with Crippen LogP contribution in [0.25, 0.3) is 0 Å². The van der Waals surface area contributed by atoms with E-state index in [2.05, 4.69) is 21.2 Å². The number of nitrogens with one attached hydrogen (secondary N) is 1. The Hall–Kier alpha value is -1.62. The highest BCUT2D eigenvalue weighted by Gasteiger charge is 2.10. The topological polar surface area (TPSA) is 32.3 Å². The summed E-state index contributed by atoms with van der Waals surface area (Å²) in [5.41, 5.74) is 1.25. The fourth-order valence-electron chi connectivity index (χ4n) is 2.02. The van der Waals surface area contributed by atoms with Crippen LogP contribution in [-0.2, 0) is 6.42 Å². The predicted octanol–water partition coefficient (Wildman–Crippen LogP) is 4.87. The minimum atomic E-state index is -0.496. The molecule has 0 aliphatic rings. The van der Waals surface area contributed by atoms with E-state index in [9.17, 15) is 13.9 Å². The quantitative estimate of drug-likeness (QED) is 0.750. The lowest BCUT2D eigenvalue weighted by molar-refractivity contribution is 0.475. The highest BCUT2D eigenvalue weighted by atomic mass is 79.9. The summed E-state index contributed by atoms with van der Waals surface area (Å²) in [4.78, 5) is 0. The first kappa shape index (κ1) is 15.8. The van der Waals surface area contributed by atoms with E-state index in [4.69, 9.17) is 0 Å². The third-order valence-corrected chi connectivity index (χ3v) is 3.82. The second-order valence-corrected chi connectivity index (χ2v) is 5.85. The molecule has 0 aliphatic carbocycles. The van der Waals surface area contributed by atoms with Gasteiger partial charge >= 0.3 is 0 Å². The summed E-state index contributed by atoms with van der Waals surface area (Å²) < 4.78 is 27.2. The van der Waals surface area contributed by atoms with Gasteiger partial charge in [0, 0.05) is 12.1 Å². The summed E-state index contributed by atoms with van der Waals surface area (Å²) in [6, 6.07) is 9.23. The van der Waals surface area contributed by atoms with Crippen molar-refractivity contribution in [1.82, 2.24) is 0 Å². The lowest BCUT2D eigenvalue weighted by Gasteiger charge is -2.16. The molecule has 1 atom stereocenters. The van der Waals surface area contributed by atoms with E-state index in [0.717, 1.165) is 30.5 Å². The van der Waals surface area contributed by atoms with E-state index in [-0.39, 0.29) is 22.0 Å². The fourth-order valence-corrected chi connectivity index (χ4v) is 2.33. The molecule has 0 aromatic heterocycles. The van der Waals surface area contributed by atoms with Gasteiger partial charge in [-0.1, -0.05) is 12.1 Å². The van der Waals surface area contributed by atoms with Crippen LogP contribution < -0.4 is 5.32 Å². The van der Waals surface area contributed by atoms with Crippen molar-refractivity contribution < 1.29 is 13.9 Å². The van der Waals surface area contributed by atoms with Gasteiger partial charge in [0.05, 0.1) is 10.2 Å². The maximum Gasteiger partial charge on any atom is 0.147 e. The Bertz CT molecular complexity index is 616. The highest BCUT2D eigenvalue weighted by Crippen LogP contribution is 2.24. The summed E-state index contributed by atoms with van der Waals surface area (Å²) >= 11 is 2.95. The molecule has 0 radical (unpaired) electrons. The van der Waals surface area contributed by atoms with Gasteiger partial charge in [-0.3, -0.25) is 0 Å². The maximum absolute atomic E-state index is 13.7. The Kier molecular flexibility index (Phi) is 5.17. The van der Waals surface area contributed by atoms with E-state index >= 15 is 0 Å². The molecule has 0 amide bonds. The third kappa shape index (κ3) is 4.43. The monoisotopic (exact) mass is 355 g/mol. The molecule has 2 nitrogen and oxygen atoms in total. The Balaban J connectivity index is 1.94. The lowest BCUT2D eigenvalue weighted by atomic mass is 10.1. The Morgan fingerprint density at radius 2 is 1.81 bits per heavy atom. The molecular weight excluding hydrogens is 340 g/mol. The number of phenolic OH excluding ortho intramolecular Hbond substituents is 1. The number of halogens is 3. The number of hydrogen-bond donors (Lipinski definition) is 2. The van der Waals surface area contributed by atoms with Crippen LogP contribution in [-0.4, -0.2) is 11.1 Å². The summed E-state index contributed by atoms with van der Waals surface area (Å²) in [6.45, 7) is 1.92. The Morgan fingerprint density at radius 3 is 2.48 bits per heavy atom. The predicted molar refractivity (Wildman–Crippen MR) is 83.6 cm³/mol. The van der Waals surface area contributed by atoms with Gasteiger partial charge in [-0.15, -0.1) is 0 Å². The number of aromatic hydroxyl groups is 1. The van der Waals surface area contributed by atoms with Gasteiger partial charge in [-0.05, 0) is 59.5 Å². The van der Waals surface area contributed by atoms with Gasteiger partial charge < -0.3 is 10.4 Å². The van der Waals surface area contributed by atoms with E-state index in [0.29, 0.717) is 0 Å². The molecular formula is C16H16BrF2NO. The van der Waals surface area contributed by atoms with Crippen molar-refractivity contribution in [3.63, 3.8) is 0 Å². The molecule has 0 heterocycles. The van der Waals surface area contributed by atoms with Gasteiger partial charge in [-0.2, -0.15) is 0 Å². The van der Waals surface area contributed by atoms with E-state index in [1.54, 1.807) is 12.1 Å². The van der Waals surface area contributed by atoms with E-state index in [1.165, 1.54) is 0 Å². The fraction of sp³-hybridized carbons (Fsp3) is 0.250. The Morgan fingerprint density at radius 1 is 1.14 bits per heavy atom. The first-order valence-corrected chi connectivity index (χ1v) is 7.44. The summed E-state index contributed by atoms with van der Waals surface area (Å²) in [5, 5.41) is 12.2. The molecule has 0 aliphatic heterocycles. The van der Waals surface area contributed by atoms with Gasteiger partial charge in [0.2, 0.25) is 0 Å².